The second-order valence-electron chi connectivity index (χ2n) is 12.2. The van der Waals surface area contributed by atoms with Gasteiger partial charge in [-0.05, 0) is 59.6 Å². The molecule has 0 amide bonds. The molecule has 12 nitrogen and oxygen atoms in total. The van der Waals surface area contributed by atoms with Gasteiger partial charge in [0.15, 0.2) is 11.8 Å². The number of benzene rings is 1. The molecule has 1 atom stereocenters. The molecule has 0 radical (unpaired) electrons. The molecule has 1 aromatic carbocycles. The Morgan fingerprint density at radius 1 is 1.23 bits per heavy atom. The second kappa shape index (κ2) is 11.8. The molecule has 5 rings (SSSR count). The molecule has 4 aromatic rings. The summed E-state index contributed by atoms with van der Waals surface area (Å²) >= 11 is 0. The number of hydrogen-bond donors (Lipinski definition) is 2. The Morgan fingerprint density at radius 3 is 2.63 bits per heavy atom. The van der Waals surface area contributed by atoms with Gasteiger partial charge in [-0.25, -0.2) is 14.5 Å². The van der Waals surface area contributed by atoms with Crippen LogP contribution in [0.15, 0.2) is 49.2 Å². The van der Waals surface area contributed by atoms with Crippen LogP contribution in [0, 0.1) is 6.92 Å². The van der Waals surface area contributed by atoms with Gasteiger partial charge in [-0.3, -0.25) is 0 Å². The Labute approximate surface area is 250 Å². The van der Waals surface area contributed by atoms with Crippen LogP contribution in [0.1, 0.15) is 63.6 Å². The molecule has 1 aliphatic heterocycles. The number of phenolic OH excluding ortho intramolecular Hbond substituents is 1. The van der Waals surface area contributed by atoms with Crippen molar-refractivity contribution in [3.63, 3.8) is 0 Å². The molecule has 1 fully saturated rings. The van der Waals surface area contributed by atoms with Gasteiger partial charge < -0.3 is 24.6 Å². The Balaban J connectivity index is 1.55. The van der Waals surface area contributed by atoms with E-state index in [0.717, 1.165) is 18.4 Å². The summed E-state index contributed by atoms with van der Waals surface area (Å²) in [6.07, 6.45) is 3.78. The molecule has 4 heterocycles. The van der Waals surface area contributed by atoms with Crippen LogP contribution in [0.25, 0.3) is 16.9 Å². The summed E-state index contributed by atoms with van der Waals surface area (Å²) in [5.41, 5.74) is 2.66. The fourth-order valence-corrected chi connectivity index (χ4v) is 5.37. The number of fused-ring (bicyclic) bond motifs is 1. The van der Waals surface area contributed by atoms with Crippen LogP contribution >= 0.6 is 0 Å². The van der Waals surface area contributed by atoms with Crippen molar-refractivity contribution in [3.05, 3.63) is 66.1 Å². The number of piperidine rings is 1. The van der Waals surface area contributed by atoms with E-state index >= 15 is 0 Å². The summed E-state index contributed by atoms with van der Waals surface area (Å²) in [5, 5.41) is 33.6. The summed E-state index contributed by atoms with van der Waals surface area (Å²) < 4.78 is 15.6. The molecule has 0 aliphatic carbocycles. The number of rotatable bonds is 10. The minimum absolute atomic E-state index is 0.151. The summed E-state index contributed by atoms with van der Waals surface area (Å²) in [4.78, 5) is 19.6. The number of carbonyl (C=O) groups is 1. The molecule has 2 N–H and O–H groups in total. The van der Waals surface area contributed by atoms with Gasteiger partial charge in [0, 0.05) is 30.4 Å². The lowest BCUT2D eigenvalue weighted by Crippen LogP contribution is -2.45. The van der Waals surface area contributed by atoms with E-state index in [-0.39, 0.29) is 11.4 Å². The second-order valence-corrected chi connectivity index (χ2v) is 12.2. The normalized spacial score (nSPS) is 16.0. The zero-order valence-electron chi connectivity index (χ0n) is 25.3. The van der Waals surface area contributed by atoms with E-state index < -0.39 is 17.7 Å². The Kier molecular flexibility index (Phi) is 8.26. The van der Waals surface area contributed by atoms with Crippen LogP contribution < -0.4 is 4.90 Å². The largest absolute Gasteiger partial charge is 0.508 e. The van der Waals surface area contributed by atoms with Gasteiger partial charge in [-0.1, -0.05) is 23.4 Å². The van der Waals surface area contributed by atoms with Crippen molar-refractivity contribution in [1.82, 2.24) is 29.6 Å². The maximum Gasteiger partial charge on any atom is 0.337 e. The summed E-state index contributed by atoms with van der Waals surface area (Å²) in [6, 6.07) is 8.71. The number of aliphatic carboxylic acids is 1. The van der Waals surface area contributed by atoms with Gasteiger partial charge >= 0.3 is 5.97 Å². The predicted octanol–water partition coefficient (Wildman–Crippen LogP) is 4.55. The Hall–Kier alpha value is -4.29. The van der Waals surface area contributed by atoms with Crippen molar-refractivity contribution < 1.29 is 24.5 Å². The van der Waals surface area contributed by atoms with Crippen molar-refractivity contribution in [1.29, 1.82) is 0 Å². The number of nitrogens with zero attached hydrogens (tertiary/aromatic N) is 7. The summed E-state index contributed by atoms with van der Waals surface area (Å²) in [5.74, 6) is -0.293. The first-order valence-electron chi connectivity index (χ1n) is 14.3. The SMILES string of the molecule is C=CCOC1(C)CCN(c2c(C(OC(C)(C)C)C(=O)O)c(C)nc3cc(Cn4cc(-c5cccc(O)c5)nn4)nn23)CC1. The van der Waals surface area contributed by atoms with Crippen molar-refractivity contribution in [2.24, 2.45) is 0 Å². The zero-order valence-corrected chi connectivity index (χ0v) is 25.3. The number of anilines is 1. The average Bonchev–Trinajstić information content (AvgIpc) is 3.57. The molecule has 0 bridgehead atoms. The molecule has 43 heavy (non-hydrogen) atoms. The maximum atomic E-state index is 12.6. The highest BCUT2D eigenvalue weighted by Gasteiger charge is 2.37. The quantitative estimate of drug-likeness (QED) is 0.253. The minimum atomic E-state index is -1.25. The van der Waals surface area contributed by atoms with Crippen molar-refractivity contribution in [2.45, 2.75) is 71.3 Å². The summed E-state index contributed by atoms with van der Waals surface area (Å²) in [6.45, 7) is 15.2. The van der Waals surface area contributed by atoms with E-state index in [2.05, 4.69) is 28.7 Å². The monoisotopic (exact) mass is 589 g/mol. The topological polar surface area (TPSA) is 140 Å². The molecule has 228 valence electrons. The molecule has 0 saturated carbocycles. The Morgan fingerprint density at radius 2 is 1.98 bits per heavy atom. The first-order chi connectivity index (χ1) is 20.4. The van der Waals surface area contributed by atoms with Gasteiger partial charge in [-0.2, -0.15) is 9.61 Å². The lowest BCUT2D eigenvalue weighted by Gasteiger charge is -2.41. The molecule has 12 heteroatoms. The van der Waals surface area contributed by atoms with E-state index in [1.807, 2.05) is 39.8 Å². The zero-order chi connectivity index (χ0) is 30.9. The van der Waals surface area contributed by atoms with Crippen LogP contribution in [0.2, 0.25) is 0 Å². The van der Waals surface area contributed by atoms with Gasteiger partial charge in [0.2, 0.25) is 0 Å². The fourth-order valence-electron chi connectivity index (χ4n) is 5.37. The lowest BCUT2D eigenvalue weighted by atomic mass is 9.92. The number of carboxylic acids is 1. The standard InChI is InChI=1S/C31H39N7O5/c1-7-15-42-31(6)11-13-36(14-12-31)28-26(27(29(40)41)43-30(3,4)5)20(2)32-25-17-22(34-38(25)28)18-37-19-24(33-35-37)21-9-8-10-23(39)16-21/h7-10,16-17,19,27,39H,1,11-15,18H2,2-6H3,(H,40,41). The first kappa shape index (κ1) is 30.2. The molecule has 1 saturated heterocycles. The third kappa shape index (κ3) is 6.70. The van der Waals surface area contributed by atoms with E-state index in [1.54, 1.807) is 39.7 Å². The fraction of sp³-hybridized carbons (Fsp3) is 0.452. The van der Waals surface area contributed by atoms with Crippen LogP contribution in [-0.4, -0.2) is 76.7 Å². The number of hydrogen-bond acceptors (Lipinski definition) is 9. The number of aromatic nitrogens is 6. The van der Waals surface area contributed by atoms with Crippen molar-refractivity contribution >= 4 is 17.4 Å². The van der Waals surface area contributed by atoms with Gasteiger partial charge in [0.1, 0.15) is 17.3 Å². The van der Waals surface area contributed by atoms with Gasteiger partial charge in [-0.15, -0.1) is 11.7 Å². The highest BCUT2D eigenvalue weighted by Crippen LogP contribution is 2.37. The molecular weight excluding hydrogens is 550 g/mol. The van der Waals surface area contributed by atoms with E-state index in [9.17, 15) is 15.0 Å². The van der Waals surface area contributed by atoms with E-state index in [0.29, 0.717) is 60.4 Å². The number of carboxylic acid groups (broad SMARTS) is 1. The van der Waals surface area contributed by atoms with E-state index in [1.165, 1.54) is 0 Å². The van der Waals surface area contributed by atoms with Gasteiger partial charge in [0.25, 0.3) is 0 Å². The predicted molar refractivity (Wildman–Crippen MR) is 161 cm³/mol. The lowest BCUT2D eigenvalue weighted by molar-refractivity contribution is -0.160. The third-order valence-electron chi connectivity index (χ3n) is 7.49. The maximum absolute atomic E-state index is 12.6. The van der Waals surface area contributed by atoms with Gasteiger partial charge in [0.05, 0.1) is 41.8 Å². The first-order valence-corrected chi connectivity index (χ1v) is 14.3. The highest BCUT2D eigenvalue weighted by atomic mass is 16.5. The third-order valence-corrected chi connectivity index (χ3v) is 7.49. The Bertz CT molecular complexity index is 1630. The molecule has 1 aliphatic rings. The number of phenols is 1. The van der Waals surface area contributed by atoms with E-state index in [4.69, 9.17) is 19.6 Å². The van der Waals surface area contributed by atoms with Crippen molar-refractivity contribution in [3.8, 4) is 17.0 Å². The summed E-state index contributed by atoms with van der Waals surface area (Å²) in [7, 11) is 0. The van der Waals surface area contributed by atoms with Crippen molar-refractivity contribution in [2.75, 3.05) is 24.6 Å². The molecule has 0 spiro atoms. The minimum Gasteiger partial charge on any atom is -0.508 e. The molecule has 3 aromatic heterocycles. The molecule has 1 unspecified atom stereocenters. The molecular formula is C31H39N7O5. The highest BCUT2D eigenvalue weighted by molar-refractivity contribution is 5.78. The van der Waals surface area contributed by atoms with Crippen LogP contribution in [-0.2, 0) is 20.8 Å². The van der Waals surface area contributed by atoms with Crippen LogP contribution in [0.5, 0.6) is 5.75 Å². The van der Waals surface area contributed by atoms with Crippen LogP contribution in [0.3, 0.4) is 0 Å². The average molecular weight is 590 g/mol. The number of aryl methyl sites for hydroxylation is 1. The smallest absolute Gasteiger partial charge is 0.337 e. The number of aromatic hydroxyl groups is 1. The van der Waals surface area contributed by atoms with Crippen LogP contribution in [0.4, 0.5) is 5.82 Å². The number of ether oxygens (including phenoxy) is 2.